The summed E-state index contributed by atoms with van der Waals surface area (Å²) < 4.78 is 10.5. The van der Waals surface area contributed by atoms with Gasteiger partial charge in [0.25, 0.3) is 0 Å². The highest BCUT2D eigenvalue weighted by Gasteiger charge is 2.07. The monoisotopic (exact) mass is 232 g/mol. The van der Waals surface area contributed by atoms with E-state index in [-0.39, 0.29) is 0 Å². The number of hydrogen-bond acceptors (Lipinski definition) is 4. The molecular weight excluding hydrogens is 216 g/mol. The Balaban J connectivity index is 2.16. The Kier molecular flexibility index (Phi) is 3.32. The highest BCUT2D eigenvalue weighted by molar-refractivity contribution is 5.59. The minimum absolute atomic E-state index is 0.618. The third-order valence-electron chi connectivity index (χ3n) is 2.74. The number of anilines is 1. The lowest BCUT2D eigenvalue weighted by atomic mass is 10.1. The number of nitrogens with zero attached hydrogens (tertiary/aromatic N) is 1. The zero-order valence-electron chi connectivity index (χ0n) is 10.3. The number of rotatable bonds is 4. The molecule has 2 aromatic rings. The van der Waals surface area contributed by atoms with Crippen LogP contribution in [0, 0.1) is 13.8 Å². The van der Waals surface area contributed by atoms with E-state index in [0.717, 1.165) is 28.3 Å². The average molecular weight is 232 g/mol. The summed E-state index contributed by atoms with van der Waals surface area (Å²) in [6.45, 7) is 4.69. The van der Waals surface area contributed by atoms with Crippen LogP contribution in [0.25, 0.3) is 0 Å². The summed E-state index contributed by atoms with van der Waals surface area (Å²) in [6, 6.07) is 4.08. The molecule has 0 bridgehead atoms. The van der Waals surface area contributed by atoms with Gasteiger partial charge in [-0.05, 0) is 25.5 Å². The number of ether oxygens (including phenoxy) is 1. The molecule has 2 rings (SSSR count). The van der Waals surface area contributed by atoms with Crippen molar-refractivity contribution in [2.24, 2.45) is 0 Å². The van der Waals surface area contributed by atoms with Gasteiger partial charge < -0.3 is 14.5 Å². The van der Waals surface area contributed by atoms with Crippen molar-refractivity contribution < 1.29 is 9.15 Å². The van der Waals surface area contributed by atoms with Gasteiger partial charge >= 0.3 is 0 Å². The maximum atomic E-state index is 5.38. The van der Waals surface area contributed by atoms with Gasteiger partial charge in [-0.2, -0.15) is 0 Å². The normalized spacial score (nSPS) is 10.3. The Labute approximate surface area is 101 Å². The molecule has 1 aromatic heterocycles. The van der Waals surface area contributed by atoms with Crippen molar-refractivity contribution in [2.75, 3.05) is 12.4 Å². The van der Waals surface area contributed by atoms with Gasteiger partial charge in [-0.3, -0.25) is 0 Å². The van der Waals surface area contributed by atoms with Gasteiger partial charge in [0.2, 0.25) is 0 Å². The molecule has 0 aliphatic heterocycles. The molecule has 0 saturated carbocycles. The molecule has 17 heavy (non-hydrogen) atoms. The lowest BCUT2D eigenvalue weighted by Gasteiger charge is -2.13. The summed E-state index contributed by atoms with van der Waals surface area (Å²) >= 11 is 0. The van der Waals surface area contributed by atoms with Gasteiger partial charge in [-0.1, -0.05) is 6.07 Å². The summed E-state index contributed by atoms with van der Waals surface area (Å²) in [4.78, 5) is 3.87. The smallest absolute Gasteiger partial charge is 0.180 e. The molecule has 0 radical (unpaired) electrons. The summed E-state index contributed by atoms with van der Waals surface area (Å²) in [7, 11) is 1.69. The standard InChI is InChI=1S/C13H16N2O2/c1-9-4-5-12(10(2)13(9)16-3)15-7-11-6-14-8-17-11/h4-6,8,15H,7H2,1-3H3. The molecule has 1 heterocycles. The van der Waals surface area contributed by atoms with E-state index in [4.69, 9.17) is 9.15 Å². The largest absolute Gasteiger partial charge is 0.496 e. The van der Waals surface area contributed by atoms with Crippen LogP contribution >= 0.6 is 0 Å². The van der Waals surface area contributed by atoms with E-state index in [0.29, 0.717) is 6.54 Å². The van der Waals surface area contributed by atoms with Crippen LogP contribution < -0.4 is 10.1 Å². The number of hydrogen-bond donors (Lipinski definition) is 1. The number of oxazole rings is 1. The minimum atomic E-state index is 0.618. The third kappa shape index (κ3) is 2.41. The Morgan fingerprint density at radius 1 is 1.35 bits per heavy atom. The summed E-state index contributed by atoms with van der Waals surface area (Å²) in [5, 5.41) is 3.30. The molecule has 0 aliphatic carbocycles. The van der Waals surface area contributed by atoms with Crippen LogP contribution in [0.5, 0.6) is 5.75 Å². The van der Waals surface area contributed by atoms with E-state index in [1.165, 1.54) is 6.39 Å². The van der Waals surface area contributed by atoms with Crippen LogP contribution in [-0.4, -0.2) is 12.1 Å². The van der Waals surface area contributed by atoms with Crippen molar-refractivity contribution in [3.63, 3.8) is 0 Å². The second kappa shape index (κ2) is 4.91. The molecule has 1 N–H and O–H groups in total. The van der Waals surface area contributed by atoms with Crippen LogP contribution in [0.15, 0.2) is 29.1 Å². The molecule has 0 unspecified atom stereocenters. The van der Waals surface area contributed by atoms with Crippen molar-refractivity contribution in [1.82, 2.24) is 4.98 Å². The summed E-state index contributed by atoms with van der Waals surface area (Å²) in [5.74, 6) is 1.73. The molecule has 0 amide bonds. The molecule has 0 atom stereocenters. The van der Waals surface area contributed by atoms with Crippen molar-refractivity contribution >= 4 is 5.69 Å². The fourth-order valence-electron chi connectivity index (χ4n) is 1.84. The zero-order chi connectivity index (χ0) is 12.3. The third-order valence-corrected chi connectivity index (χ3v) is 2.74. The van der Waals surface area contributed by atoms with Crippen LogP contribution in [0.4, 0.5) is 5.69 Å². The maximum absolute atomic E-state index is 5.38. The van der Waals surface area contributed by atoms with Crippen LogP contribution in [0.2, 0.25) is 0 Å². The first kappa shape index (κ1) is 11.5. The number of nitrogens with one attached hydrogen (secondary N) is 1. The van der Waals surface area contributed by atoms with Gasteiger partial charge in [0.05, 0.1) is 19.9 Å². The van der Waals surface area contributed by atoms with Crippen molar-refractivity contribution in [3.8, 4) is 5.75 Å². The van der Waals surface area contributed by atoms with Crippen molar-refractivity contribution in [3.05, 3.63) is 41.6 Å². The van der Waals surface area contributed by atoms with Crippen LogP contribution in [0.3, 0.4) is 0 Å². The van der Waals surface area contributed by atoms with Gasteiger partial charge in [0.15, 0.2) is 6.39 Å². The van der Waals surface area contributed by atoms with E-state index < -0.39 is 0 Å². The number of methoxy groups -OCH3 is 1. The van der Waals surface area contributed by atoms with Crippen molar-refractivity contribution in [2.45, 2.75) is 20.4 Å². The lowest BCUT2D eigenvalue weighted by molar-refractivity contribution is 0.409. The van der Waals surface area contributed by atoms with Gasteiger partial charge in [-0.15, -0.1) is 0 Å². The molecule has 4 nitrogen and oxygen atoms in total. The Morgan fingerprint density at radius 3 is 2.82 bits per heavy atom. The number of benzene rings is 1. The molecule has 90 valence electrons. The van der Waals surface area contributed by atoms with Gasteiger partial charge in [0.1, 0.15) is 11.5 Å². The van der Waals surface area contributed by atoms with E-state index in [1.54, 1.807) is 13.3 Å². The fraction of sp³-hybridized carbons (Fsp3) is 0.308. The highest BCUT2D eigenvalue weighted by atomic mass is 16.5. The Bertz CT molecular complexity index is 492. The fourth-order valence-corrected chi connectivity index (χ4v) is 1.84. The Hall–Kier alpha value is -1.97. The molecule has 0 spiro atoms. The SMILES string of the molecule is COc1c(C)ccc(NCc2cnco2)c1C. The second-order valence-electron chi connectivity index (χ2n) is 3.91. The van der Waals surface area contributed by atoms with Gasteiger partial charge in [-0.25, -0.2) is 4.98 Å². The predicted molar refractivity (Wildman–Crippen MR) is 66.3 cm³/mol. The number of aromatic nitrogens is 1. The summed E-state index contributed by atoms with van der Waals surface area (Å²) in [6.07, 6.45) is 3.13. The molecule has 1 aromatic carbocycles. The highest BCUT2D eigenvalue weighted by Crippen LogP contribution is 2.29. The van der Waals surface area contributed by atoms with Gasteiger partial charge in [0, 0.05) is 11.3 Å². The first-order valence-corrected chi connectivity index (χ1v) is 5.48. The molecule has 0 fully saturated rings. The minimum Gasteiger partial charge on any atom is -0.496 e. The van der Waals surface area contributed by atoms with Crippen LogP contribution in [0.1, 0.15) is 16.9 Å². The molecule has 4 heteroatoms. The maximum Gasteiger partial charge on any atom is 0.180 e. The predicted octanol–water partition coefficient (Wildman–Crippen LogP) is 2.91. The second-order valence-corrected chi connectivity index (χ2v) is 3.91. The molecular formula is C13H16N2O2. The van der Waals surface area contributed by atoms with Crippen LogP contribution in [-0.2, 0) is 6.54 Å². The van der Waals surface area contributed by atoms with E-state index in [9.17, 15) is 0 Å². The van der Waals surface area contributed by atoms with E-state index in [2.05, 4.69) is 10.3 Å². The molecule has 0 saturated heterocycles. The average Bonchev–Trinajstić information content (AvgIpc) is 2.82. The van der Waals surface area contributed by atoms with E-state index >= 15 is 0 Å². The quantitative estimate of drug-likeness (QED) is 0.880. The lowest BCUT2D eigenvalue weighted by Crippen LogP contribution is -2.02. The zero-order valence-corrected chi connectivity index (χ0v) is 10.3. The first-order valence-electron chi connectivity index (χ1n) is 5.48. The summed E-state index contributed by atoms with van der Waals surface area (Å²) in [5.41, 5.74) is 3.28. The number of aryl methyl sites for hydroxylation is 1. The Morgan fingerprint density at radius 2 is 2.18 bits per heavy atom. The topological polar surface area (TPSA) is 47.3 Å². The van der Waals surface area contributed by atoms with E-state index in [1.807, 2.05) is 26.0 Å². The first-order chi connectivity index (χ1) is 8.22. The molecule has 0 aliphatic rings. The van der Waals surface area contributed by atoms with Crippen molar-refractivity contribution in [1.29, 1.82) is 0 Å².